The Morgan fingerprint density at radius 2 is 1.84 bits per heavy atom. The van der Waals surface area contributed by atoms with Gasteiger partial charge in [-0.15, -0.1) is 0 Å². The van der Waals surface area contributed by atoms with Crippen LogP contribution in [0.3, 0.4) is 0 Å². The van der Waals surface area contributed by atoms with Gasteiger partial charge < -0.3 is 15.0 Å². The van der Waals surface area contributed by atoms with Crippen LogP contribution in [0.1, 0.15) is 52.2 Å². The predicted octanol–water partition coefficient (Wildman–Crippen LogP) is 3.21. The molecule has 1 aromatic carbocycles. The number of nitrogens with zero attached hydrogens (tertiary/aromatic N) is 2. The lowest BCUT2D eigenvalue weighted by Gasteiger charge is -2.27. The summed E-state index contributed by atoms with van der Waals surface area (Å²) < 4.78 is 5.14. The van der Waals surface area contributed by atoms with Gasteiger partial charge in [0.1, 0.15) is 5.60 Å². The van der Waals surface area contributed by atoms with Crippen molar-refractivity contribution in [2.45, 2.75) is 59.2 Å². The molecule has 0 spiro atoms. The second-order valence-corrected chi connectivity index (χ2v) is 7.10. The summed E-state index contributed by atoms with van der Waals surface area (Å²) in [5.41, 5.74) is 0.988. The first-order valence-electron chi connectivity index (χ1n) is 8.37. The fourth-order valence-electron chi connectivity index (χ4n) is 2.17. The van der Waals surface area contributed by atoms with E-state index in [0.29, 0.717) is 12.1 Å². The highest BCUT2D eigenvalue weighted by atomic mass is 16.6. The average molecular weight is 345 g/mol. The molecule has 0 bridgehead atoms. The predicted molar refractivity (Wildman–Crippen MR) is 95.7 cm³/mol. The maximum absolute atomic E-state index is 12.5. The summed E-state index contributed by atoms with van der Waals surface area (Å²) in [6, 6.07) is 9.28. The number of alkyl carbamates (subject to hydrolysis) is 1. The van der Waals surface area contributed by atoms with Gasteiger partial charge in [0, 0.05) is 25.6 Å². The zero-order valence-corrected chi connectivity index (χ0v) is 15.6. The highest BCUT2D eigenvalue weighted by Crippen LogP contribution is 2.11. The van der Waals surface area contributed by atoms with Crippen molar-refractivity contribution in [3.05, 3.63) is 35.4 Å². The van der Waals surface area contributed by atoms with Crippen molar-refractivity contribution in [1.82, 2.24) is 10.2 Å². The molecule has 136 valence electrons. The quantitative estimate of drug-likeness (QED) is 0.858. The van der Waals surface area contributed by atoms with Crippen molar-refractivity contribution in [2.75, 3.05) is 6.54 Å². The number of nitriles is 1. The van der Waals surface area contributed by atoms with Crippen molar-refractivity contribution in [1.29, 1.82) is 5.26 Å². The van der Waals surface area contributed by atoms with E-state index in [1.807, 2.05) is 26.0 Å². The number of benzene rings is 1. The Kier molecular flexibility index (Phi) is 7.43. The van der Waals surface area contributed by atoms with E-state index in [2.05, 4.69) is 11.4 Å². The van der Waals surface area contributed by atoms with Gasteiger partial charge >= 0.3 is 6.09 Å². The molecule has 1 rings (SSSR count). The van der Waals surface area contributed by atoms with Crippen molar-refractivity contribution in [3.63, 3.8) is 0 Å². The number of carbonyl (C=O) groups excluding carboxylic acids is 2. The molecule has 0 unspecified atom stereocenters. The van der Waals surface area contributed by atoms with Gasteiger partial charge in [0.05, 0.1) is 11.6 Å². The van der Waals surface area contributed by atoms with E-state index in [4.69, 9.17) is 10.00 Å². The van der Waals surface area contributed by atoms with Gasteiger partial charge in [0.25, 0.3) is 0 Å². The SMILES string of the molecule is CC(C)N(Cc1ccc(C#N)cc1)C(=O)CCNC(=O)OC(C)(C)C. The van der Waals surface area contributed by atoms with Crippen molar-refractivity contribution in [3.8, 4) is 6.07 Å². The highest BCUT2D eigenvalue weighted by molar-refractivity contribution is 5.77. The van der Waals surface area contributed by atoms with Crippen LogP contribution < -0.4 is 5.32 Å². The van der Waals surface area contributed by atoms with Crippen LogP contribution in [0.15, 0.2) is 24.3 Å². The number of carbonyl (C=O) groups is 2. The molecule has 0 aliphatic heterocycles. The summed E-state index contributed by atoms with van der Waals surface area (Å²) in [6.07, 6.45) is -0.322. The molecule has 0 radical (unpaired) electrons. The van der Waals surface area contributed by atoms with Gasteiger partial charge in [-0.1, -0.05) is 12.1 Å². The Balaban J connectivity index is 2.56. The lowest BCUT2D eigenvalue weighted by molar-refractivity contribution is -0.133. The van der Waals surface area contributed by atoms with Crippen LogP contribution in [0.25, 0.3) is 0 Å². The normalized spacial score (nSPS) is 10.9. The van der Waals surface area contributed by atoms with Crippen molar-refractivity contribution < 1.29 is 14.3 Å². The summed E-state index contributed by atoms with van der Waals surface area (Å²) in [7, 11) is 0. The lowest BCUT2D eigenvalue weighted by Crippen LogP contribution is -2.39. The molecule has 0 aliphatic carbocycles. The van der Waals surface area contributed by atoms with Crippen molar-refractivity contribution >= 4 is 12.0 Å². The molecule has 2 amide bonds. The van der Waals surface area contributed by atoms with Crippen LogP contribution in [0.4, 0.5) is 4.79 Å². The standard InChI is InChI=1S/C19H27N3O3/c1-14(2)22(13-16-8-6-15(12-20)7-9-16)17(23)10-11-21-18(24)25-19(3,4)5/h6-9,14H,10-11,13H2,1-5H3,(H,21,24). The molecule has 0 heterocycles. The first-order valence-corrected chi connectivity index (χ1v) is 8.37. The lowest BCUT2D eigenvalue weighted by atomic mass is 10.1. The number of amides is 2. The number of nitrogens with one attached hydrogen (secondary N) is 1. The molecule has 0 atom stereocenters. The van der Waals surface area contributed by atoms with Crippen LogP contribution in [0.2, 0.25) is 0 Å². The Labute approximate surface area is 149 Å². The van der Waals surface area contributed by atoms with Crippen molar-refractivity contribution in [2.24, 2.45) is 0 Å². The summed E-state index contributed by atoms with van der Waals surface area (Å²) in [5, 5.41) is 11.4. The van der Waals surface area contributed by atoms with E-state index < -0.39 is 11.7 Å². The summed E-state index contributed by atoms with van der Waals surface area (Å²) in [6.45, 7) is 9.95. The van der Waals surface area contributed by atoms with Gasteiger partial charge in [-0.05, 0) is 52.3 Å². The molecule has 0 saturated carbocycles. The van der Waals surface area contributed by atoms with Gasteiger partial charge in [-0.3, -0.25) is 4.79 Å². The average Bonchev–Trinajstić information content (AvgIpc) is 2.51. The van der Waals surface area contributed by atoms with Gasteiger partial charge in [0.2, 0.25) is 5.91 Å². The molecule has 25 heavy (non-hydrogen) atoms. The van der Waals surface area contributed by atoms with Gasteiger partial charge in [-0.25, -0.2) is 4.79 Å². The number of ether oxygens (including phenoxy) is 1. The van der Waals surface area contributed by atoms with E-state index in [0.717, 1.165) is 5.56 Å². The number of hydrogen-bond donors (Lipinski definition) is 1. The van der Waals surface area contributed by atoms with E-state index in [-0.39, 0.29) is 24.9 Å². The monoisotopic (exact) mass is 345 g/mol. The fourth-order valence-corrected chi connectivity index (χ4v) is 2.17. The molecule has 0 aromatic heterocycles. The first-order chi connectivity index (χ1) is 11.6. The molecule has 6 nitrogen and oxygen atoms in total. The molecular formula is C19H27N3O3. The van der Waals surface area contributed by atoms with Crippen LogP contribution in [-0.4, -0.2) is 35.1 Å². The summed E-state index contributed by atoms with van der Waals surface area (Å²) in [5.74, 6) is -0.0459. The smallest absolute Gasteiger partial charge is 0.407 e. The summed E-state index contributed by atoms with van der Waals surface area (Å²) in [4.78, 5) is 25.8. The van der Waals surface area contributed by atoms with Gasteiger partial charge in [-0.2, -0.15) is 5.26 Å². The zero-order valence-electron chi connectivity index (χ0n) is 15.6. The van der Waals surface area contributed by atoms with E-state index in [9.17, 15) is 9.59 Å². The number of hydrogen-bond acceptors (Lipinski definition) is 4. The highest BCUT2D eigenvalue weighted by Gasteiger charge is 2.19. The van der Waals surface area contributed by atoms with E-state index >= 15 is 0 Å². The Morgan fingerprint density at radius 3 is 2.32 bits per heavy atom. The zero-order chi connectivity index (χ0) is 19.0. The third-order valence-electron chi connectivity index (χ3n) is 3.39. The Bertz CT molecular complexity index is 625. The molecule has 1 aromatic rings. The molecular weight excluding hydrogens is 318 g/mol. The molecule has 0 fully saturated rings. The van der Waals surface area contributed by atoms with Crippen LogP contribution in [0, 0.1) is 11.3 Å². The Morgan fingerprint density at radius 1 is 1.24 bits per heavy atom. The maximum Gasteiger partial charge on any atom is 0.407 e. The van der Waals surface area contributed by atoms with E-state index in [1.165, 1.54) is 0 Å². The van der Waals surface area contributed by atoms with Crippen LogP contribution in [-0.2, 0) is 16.1 Å². The topological polar surface area (TPSA) is 82.4 Å². The second kappa shape index (κ2) is 9.07. The minimum atomic E-state index is -0.562. The molecule has 6 heteroatoms. The molecule has 1 N–H and O–H groups in total. The largest absolute Gasteiger partial charge is 0.444 e. The Hall–Kier alpha value is -2.55. The maximum atomic E-state index is 12.5. The third-order valence-corrected chi connectivity index (χ3v) is 3.39. The van der Waals surface area contributed by atoms with Crippen LogP contribution >= 0.6 is 0 Å². The number of rotatable bonds is 6. The summed E-state index contributed by atoms with van der Waals surface area (Å²) >= 11 is 0. The first kappa shape index (κ1) is 20.5. The van der Waals surface area contributed by atoms with E-state index in [1.54, 1.807) is 37.8 Å². The molecule has 0 aliphatic rings. The fraction of sp³-hybridized carbons (Fsp3) is 0.526. The minimum Gasteiger partial charge on any atom is -0.444 e. The molecule has 0 saturated heterocycles. The minimum absolute atomic E-state index is 0.0321. The third kappa shape index (κ3) is 7.71. The van der Waals surface area contributed by atoms with Gasteiger partial charge in [0.15, 0.2) is 0 Å². The second-order valence-electron chi connectivity index (χ2n) is 7.10. The van der Waals surface area contributed by atoms with Crippen LogP contribution in [0.5, 0.6) is 0 Å².